The number of ether oxygens (including phenoxy) is 3. The van der Waals surface area contributed by atoms with Crippen LogP contribution in [-0.2, 0) is 17.9 Å². The summed E-state index contributed by atoms with van der Waals surface area (Å²) in [4.78, 5) is 24.5. The summed E-state index contributed by atoms with van der Waals surface area (Å²) >= 11 is 19.0. The molecule has 5 rings (SSSR count). The van der Waals surface area contributed by atoms with E-state index in [-0.39, 0.29) is 25.6 Å². The minimum absolute atomic E-state index is 0.102. The summed E-state index contributed by atoms with van der Waals surface area (Å²) in [7, 11) is 0. The highest BCUT2D eigenvalue weighted by Crippen LogP contribution is 2.38. The van der Waals surface area contributed by atoms with Crippen molar-refractivity contribution in [3.05, 3.63) is 86.5 Å². The van der Waals surface area contributed by atoms with E-state index in [1.165, 1.54) is 6.92 Å². The first kappa shape index (κ1) is 26.0. The molecule has 0 aliphatic carbocycles. The number of fused-ring (bicyclic) bond motifs is 2. The van der Waals surface area contributed by atoms with Gasteiger partial charge in [-0.1, -0.05) is 40.9 Å². The normalized spacial score (nSPS) is 12.9. The molecule has 0 saturated heterocycles. The van der Waals surface area contributed by atoms with Crippen LogP contribution in [0.25, 0.3) is 10.9 Å². The molecule has 0 saturated carbocycles. The minimum atomic E-state index is -1.14. The summed E-state index contributed by atoms with van der Waals surface area (Å²) in [5.41, 5.74) is 2.33. The molecule has 0 bridgehead atoms. The Labute approximate surface area is 232 Å². The molecule has 0 fully saturated rings. The fraction of sp³-hybridized carbons (Fsp3) is 0.185. The van der Waals surface area contributed by atoms with Crippen molar-refractivity contribution in [1.29, 1.82) is 0 Å². The fourth-order valence-electron chi connectivity index (χ4n) is 4.11. The Morgan fingerprint density at radius 3 is 2.45 bits per heavy atom. The summed E-state index contributed by atoms with van der Waals surface area (Å²) in [6.45, 7) is 1.87. The quantitative estimate of drug-likeness (QED) is 0.261. The molecular weight excluding hydrogens is 555 g/mol. The number of aliphatic carboxylic acids is 1. The zero-order valence-electron chi connectivity index (χ0n) is 20.0. The molecule has 4 aromatic rings. The minimum Gasteiger partial charge on any atom is -0.489 e. The van der Waals surface area contributed by atoms with Crippen molar-refractivity contribution in [3.8, 4) is 17.2 Å². The summed E-state index contributed by atoms with van der Waals surface area (Å²) in [6.07, 6.45) is 0. The largest absolute Gasteiger partial charge is 0.489 e. The summed E-state index contributed by atoms with van der Waals surface area (Å²) in [5.74, 6) is -0.0466. The number of nitrogens with one attached hydrogen (secondary N) is 1. The number of hydrogen-bond donors (Lipinski definition) is 2. The van der Waals surface area contributed by atoms with Crippen LogP contribution in [0.2, 0.25) is 15.1 Å². The number of carbonyl (C=O) groups is 2. The van der Waals surface area contributed by atoms with Crippen LogP contribution in [0.3, 0.4) is 0 Å². The number of carbonyl (C=O) groups excluding carboxylic acids is 1. The van der Waals surface area contributed by atoms with Crippen molar-refractivity contribution in [3.63, 3.8) is 0 Å². The van der Waals surface area contributed by atoms with Gasteiger partial charge in [0.1, 0.15) is 24.1 Å². The molecule has 1 aromatic heterocycles. The van der Waals surface area contributed by atoms with Crippen molar-refractivity contribution < 1.29 is 28.9 Å². The number of benzene rings is 3. The van der Waals surface area contributed by atoms with Gasteiger partial charge in [-0.3, -0.25) is 9.59 Å². The molecule has 8 nitrogen and oxygen atoms in total. The van der Waals surface area contributed by atoms with E-state index in [0.717, 1.165) is 5.52 Å². The predicted octanol–water partition coefficient (Wildman–Crippen LogP) is 6.16. The van der Waals surface area contributed by atoms with E-state index in [9.17, 15) is 14.7 Å². The first-order valence-electron chi connectivity index (χ1n) is 11.5. The average molecular weight is 576 g/mol. The third kappa shape index (κ3) is 5.20. The van der Waals surface area contributed by atoms with Crippen LogP contribution in [0.1, 0.15) is 28.5 Å². The molecule has 1 aliphatic rings. The number of carboxylic acids is 1. The smallest absolute Gasteiger partial charge is 0.325 e. The maximum absolute atomic E-state index is 13.1. The lowest BCUT2D eigenvalue weighted by atomic mass is 10.2. The molecule has 1 atom stereocenters. The Morgan fingerprint density at radius 1 is 1.03 bits per heavy atom. The van der Waals surface area contributed by atoms with E-state index < -0.39 is 17.9 Å². The van der Waals surface area contributed by atoms with Crippen LogP contribution in [0, 0.1) is 0 Å². The molecule has 2 heterocycles. The number of halogens is 3. The second-order valence-electron chi connectivity index (χ2n) is 8.66. The number of amides is 1. The van der Waals surface area contributed by atoms with E-state index in [1.54, 1.807) is 53.1 Å². The Kier molecular flexibility index (Phi) is 7.29. The molecule has 0 radical (unpaired) electrons. The van der Waals surface area contributed by atoms with E-state index >= 15 is 0 Å². The lowest BCUT2D eigenvalue weighted by molar-refractivity contribution is -0.138. The molecule has 38 heavy (non-hydrogen) atoms. The SMILES string of the molecule is C[C@H](NC(=O)c1cc2cc(OCc3c(Cl)cccc3Cl)ccc2n1Cc1cc2c(cc1Cl)OCO2)C(=O)O. The molecule has 1 aliphatic heterocycles. The van der Waals surface area contributed by atoms with Crippen molar-refractivity contribution in [2.75, 3.05) is 6.79 Å². The first-order chi connectivity index (χ1) is 18.2. The average Bonchev–Trinajstić information content (AvgIpc) is 3.47. The third-order valence-corrected chi connectivity index (χ3v) is 7.20. The fourth-order valence-corrected chi connectivity index (χ4v) is 4.83. The second kappa shape index (κ2) is 10.6. The van der Waals surface area contributed by atoms with Gasteiger partial charge in [0.2, 0.25) is 6.79 Å². The van der Waals surface area contributed by atoms with Gasteiger partial charge in [-0.05, 0) is 55.0 Å². The van der Waals surface area contributed by atoms with Crippen LogP contribution < -0.4 is 19.5 Å². The molecular formula is C27H21Cl3N2O6. The topological polar surface area (TPSA) is 99.0 Å². The van der Waals surface area contributed by atoms with Crippen LogP contribution in [-0.4, -0.2) is 34.4 Å². The van der Waals surface area contributed by atoms with Gasteiger partial charge in [0.05, 0.1) is 0 Å². The predicted molar refractivity (Wildman–Crippen MR) is 144 cm³/mol. The number of aromatic nitrogens is 1. The Morgan fingerprint density at radius 2 is 1.74 bits per heavy atom. The summed E-state index contributed by atoms with van der Waals surface area (Å²) in [6, 6.07) is 14.6. The molecule has 196 valence electrons. The van der Waals surface area contributed by atoms with Crippen LogP contribution in [0.4, 0.5) is 0 Å². The molecule has 0 unspecified atom stereocenters. The number of carboxylic acid groups (broad SMARTS) is 1. The Hall–Kier alpha value is -3.59. The summed E-state index contributed by atoms with van der Waals surface area (Å²) in [5, 5.41) is 13.9. The van der Waals surface area contributed by atoms with Gasteiger partial charge >= 0.3 is 5.97 Å². The highest BCUT2D eigenvalue weighted by molar-refractivity contribution is 6.36. The van der Waals surface area contributed by atoms with Gasteiger partial charge in [0, 0.05) is 44.1 Å². The van der Waals surface area contributed by atoms with E-state index in [2.05, 4.69) is 5.32 Å². The standard InChI is InChI=1S/C27H21Cl3N2O6/c1-14(27(34)35)31-26(33)23-8-15-7-17(36-12-18-19(28)3-2-4-20(18)29)5-6-22(15)32(23)11-16-9-24-25(10-21(16)30)38-13-37-24/h2-10,14H,11-13H2,1H3,(H,31,33)(H,34,35)/t14-/m0/s1. The van der Waals surface area contributed by atoms with E-state index in [4.69, 9.17) is 49.0 Å². The monoisotopic (exact) mass is 574 g/mol. The maximum atomic E-state index is 13.1. The zero-order chi connectivity index (χ0) is 27.0. The second-order valence-corrected chi connectivity index (χ2v) is 9.88. The van der Waals surface area contributed by atoms with Crippen molar-refractivity contribution >= 4 is 57.6 Å². The molecule has 0 spiro atoms. The van der Waals surface area contributed by atoms with Gasteiger partial charge in [-0.2, -0.15) is 0 Å². The van der Waals surface area contributed by atoms with Crippen molar-refractivity contribution in [2.24, 2.45) is 0 Å². The molecule has 1 amide bonds. The van der Waals surface area contributed by atoms with Gasteiger partial charge in [-0.15, -0.1) is 0 Å². The molecule has 11 heteroatoms. The lowest BCUT2D eigenvalue weighted by Crippen LogP contribution is -2.39. The highest BCUT2D eigenvalue weighted by Gasteiger charge is 2.23. The zero-order valence-corrected chi connectivity index (χ0v) is 22.2. The lowest BCUT2D eigenvalue weighted by Gasteiger charge is -2.15. The number of nitrogens with zero attached hydrogens (tertiary/aromatic N) is 1. The Bertz CT molecular complexity index is 1550. The van der Waals surface area contributed by atoms with Crippen LogP contribution in [0.15, 0.2) is 54.6 Å². The van der Waals surface area contributed by atoms with E-state index in [1.807, 2.05) is 6.07 Å². The Balaban J connectivity index is 1.50. The molecule has 3 aromatic carbocycles. The van der Waals surface area contributed by atoms with E-state index in [0.29, 0.717) is 48.8 Å². The first-order valence-corrected chi connectivity index (χ1v) is 12.7. The number of hydrogen-bond acceptors (Lipinski definition) is 5. The van der Waals surface area contributed by atoms with Crippen molar-refractivity contribution in [1.82, 2.24) is 9.88 Å². The van der Waals surface area contributed by atoms with Gasteiger partial charge < -0.3 is 29.2 Å². The maximum Gasteiger partial charge on any atom is 0.325 e. The van der Waals surface area contributed by atoms with Crippen molar-refractivity contribution in [2.45, 2.75) is 26.1 Å². The summed E-state index contributed by atoms with van der Waals surface area (Å²) < 4.78 is 18.6. The van der Waals surface area contributed by atoms with Gasteiger partial charge in [0.15, 0.2) is 11.5 Å². The highest BCUT2D eigenvalue weighted by atomic mass is 35.5. The van der Waals surface area contributed by atoms with Gasteiger partial charge in [0.25, 0.3) is 5.91 Å². The van der Waals surface area contributed by atoms with Crippen LogP contribution >= 0.6 is 34.8 Å². The van der Waals surface area contributed by atoms with Crippen LogP contribution in [0.5, 0.6) is 17.2 Å². The third-order valence-electron chi connectivity index (χ3n) is 6.14. The number of rotatable bonds is 8. The molecule has 2 N–H and O–H groups in total. The van der Waals surface area contributed by atoms with Gasteiger partial charge in [-0.25, -0.2) is 0 Å².